The molecule has 0 spiro atoms. The van der Waals surface area contributed by atoms with Crippen molar-refractivity contribution in [1.82, 2.24) is 0 Å². The van der Waals surface area contributed by atoms with Crippen LogP contribution in [0.1, 0.15) is 23.4 Å². The first-order valence-corrected chi connectivity index (χ1v) is 8.28. The van der Waals surface area contributed by atoms with Crippen LogP contribution in [0.2, 0.25) is 0 Å². The minimum absolute atomic E-state index is 0.109. The summed E-state index contributed by atoms with van der Waals surface area (Å²) in [5.41, 5.74) is 0.722. The lowest BCUT2D eigenvalue weighted by atomic mass is 10.2. The Balaban J connectivity index is 1.55. The van der Waals surface area contributed by atoms with E-state index in [1.54, 1.807) is 6.07 Å². The van der Waals surface area contributed by atoms with Gasteiger partial charge in [0.15, 0.2) is 17.2 Å². The normalized spacial score (nSPS) is 21.5. The molecule has 24 heavy (non-hydrogen) atoms. The fourth-order valence-electron chi connectivity index (χ4n) is 3.02. The summed E-state index contributed by atoms with van der Waals surface area (Å²) in [6, 6.07) is 10.5. The van der Waals surface area contributed by atoms with Crippen molar-refractivity contribution in [2.45, 2.75) is 22.6 Å². The number of hydrogen-bond acceptors (Lipinski definition) is 6. The summed E-state index contributed by atoms with van der Waals surface area (Å²) in [5.74, 6) is -0.959. The van der Waals surface area contributed by atoms with Gasteiger partial charge in [-0.15, -0.1) is 0 Å². The van der Waals surface area contributed by atoms with Crippen molar-refractivity contribution in [3.05, 3.63) is 48.4 Å². The number of benzene rings is 1. The van der Waals surface area contributed by atoms with Crippen LogP contribution in [0.3, 0.4) is 0 Å². The second-order valence-corrected chi connectivity index (χ2v) is 6.88. The van der Waals surface area contributed by atoms with E-state index in [2.05, 4.69) is 0 Å². The Morgan fingerprint density at radius 3 is 2.88 bits per heavy atom. The monoisotopic (exact) mass is 343 g/mol. The number of fused-ring (bicyclic) bond motifs is 3. The van der Waals surface area contributed by atoms with Gasteiger partial charge in [0.25, 0.3) is 0 Å². The predicted molar refractivity (Wildman–Crippen MR) is 85.7 cm³/mol. The Kier molecular flexibility index (Phi) is 3.45. The minimum atomic E-state index is -1.11. The fraction of sp³-hybridized carbons (Fsp3) is 0.235. The lowest BCUT2D eigenvalue weighted by Gasteiger charge is -2.28. The molecule has 1 atom stereocenters. The fourth-order valence-corrected chi connectivity index (χ4v) is 4.44. The van der Waals surface area contributed by atoms with Crippen LogP contribution in [0.5, 0.6) is 0 Å². The van der Waals surface area contributed by atoms with Crippen LogP contribution >= 0.6 is 11.8 Å². The number of ketones is 1. The first-order chi connectivity index (χ1) is 11.6. The van der Waals surface area contributed by atoms with E-state index in [4.69, 9.17) is 9.15 Å². The molecular formula is C17H13NO5S. The van der Waals surface area contributed by atoms with Gasteiger partial charge in [-0.3, -0.25) is 14.5 Å². The molecule has 7 heteroatoms. The molecule has 0 radical (unpaired) electrons. The highest BCUT2D eigenvalue weighted by Gasteiger charge is 2.58. The van der Waals surface area contributed by atoms with E-state index in [-0.39, 0.29) is 18.1 Å². The summed E-state index contributed by atoms with van der Waals surface area (Å²) in [7, 11) is 0. The molecule has 0 saturated carbocycles. The van der Waals surface area contributed by atoms with E-state index >= 15 is 0 Å². The van der Waals surface area contributed by atoms with E-state index in [0.717, 1.165) is 10.6 Å². The zero-order valence-corrected chi connectivity index (χ0v) is 13.4. The number of amides is 1. The molecule has 2 aliphatic rings. The van der Waals surface area contributed by atoms with Crippen molar-refractivity contribution in [1.29, 1.82) is 0 Å². The summed E-state index contributed by atoms with van der Waals surface area (Å²) in [5, 5.41) is 0. The predicted octanol–water partition coefficient (Wildman–Crippen LogP) is 2.63. The SMILES string of the molecule is O=C(COC(=O)C12CCC(=O)N1c1ccccc1S2)c1ccco1. The summed E-state index contributed by atoms with van der Waals surface area (Å²) >= 11 is 1.31. The largest absolute Gasteiger partial charge is 0.461 e. The number of anilines is 1. The topological polar surface area (TPSA) is 76.8 Å². The third-order valence-corrected chi connectivity index (χ3v) is 5.58. The number of furan rings is 1. The highest BCUT2D eigenvalue weighted by atomic mass is 32.2. The van der Waals surface area contributed by atoms with Crippen molar-refractivity contribution in [2.24, 2.45) is 0 Å². The van der Waals surface area contributed by atoms with Crippen LogP contribution < -0.4 is 4.90 Å². The van der Waals surface area contributed by atoms with Crippen molar-refractivity contribution in [3.63, 3.8) is 0 Å². The zero-order valence-electron chi connectivity index (χ0n) is 12.6. The van der Waals surface area contributed by atoms with Gasteiger partial charge in [-0.1, -0.05) is 23.9 Å². The second-order valence-electron chi connectivity index (χ2n) is 5.56. The molecule has 1 amide bonds. The van der Waals surface area contributed by atoms with Crippen LogP contribution in [-0.4, -0.2) is 29.1 Å². The van der Waals surface area contributed by atoms with E-state index in [1.165, 1.54) is 29.0 Å². The smallest absolute Gasteiger partial charge is 0.343 e. The molecule has 1 unspecified atom stereocenters. The molecule has 0 bridgehead atoms. The Morgan fingerprint density at radius 1 is 1.25 bits per heavy atom. The average Bonchev–Trinajstić information content (AvgIpc) is 3.28. The Bertz CT molecular complexity index is 831. The molecule has 2 aliphatic heterocycles. The number of thioether (sulfide) groups is 1. The number of ether oxygens (including phenoxy) is 1. The standard InChI is InChI=1S/C17H13NO5S/c19-12(13-5-3-9-22-13)10-23-16(21)17-8-7-15(20)18(17)11-4-1-2-6-14(11)24-17/h1-6,9H,7-8,10H2. The number of carbonyl (C=O) groups excluding carboxylic acids is 3. The molecule has 1 fully saturated rings. The maximum Gasteiger partial charge on any atom is 0.343 e. The number of rotatable bonds is 4. The molecule has 1 aromatic carbocycles. The van der Waals surface area contributed by atoms with Gasteiger partial charge in [0, 0.05) is 17.7 Å². The molecule has 122 valence electrons. The van der Waals surface area contributed by atoms with Crippen molar-refractivity contribution in [3.8, 4) is 0 Å². The molecule has 1 aromatic heterocycles. The summed E-state index contributed by atoms with van der Waals surface area (Å²) in [6.45, 7) is -0.410. The van der Waals surface area contributed by atoms with Gasteiger partial charge in [-0.05, 0) is 24.3 Å². The average molecular weight is 343 g/mol. The molecule has 0 aliphatic carbocycles. The number of carbonyl (C=O) groups is 3. The first kappa shape index (κ1) is 15.0. The molecule has 4 rings (SSSR count). The second kappa shape index (κ2) is 5.52. The molecule has 3 heterocycles. The maximum absolute atomic E-state index is 12.7. The minimum Gasteiger partial charge on any atom is -0.461 e. The van der Waals surface area contributed by atoms with Crippen LogP contribution in [0.4, 0.5) is 5.69 Å². The van der Waals surface area contributed by atoms with Gasteiger partial charge in [-0.2, -0.15) is 0 Å². The summed E-state index contributed by atoms with van der Waals surface area (Å²) in [6.07, 6.45) is 2.02. The Hall–Kier alpha value is -2.54. The first-order valence-electron chi connectivity index (χ1n) is 7.47. The van der Waals surface area contributed by atoms with Gasteiger partial charge < -0.3 is 9.15 Å². The van der Waals surface area contributed by atoms with Gasteiger partial charge in [0.2, 0.25) is 11.7 Å². The van der Waals surface area contributed by atoms with Gasteiger partial charge in [0.1, 0.15) is 0 Å². The highest BCUT2D eigenvalue weighted by molar-refractivity contribution is 8.02. The number of hydrogen-bond donors (Lipinski definition) is 0. The van der Waals surface area contributed by atoms with E-state index in [0.29, 0.717) is 6.42 Å². The quantitative estimate of drug-likeness (QED) is 0.627. The summed E-state index contributed by atoms with van der Waals surface area (Å²) < 4.78 is 10.2. The number of nitrogens with zero attached hydrogens (tertiary/aromatic N) is 1. The third kappa shape index (κ3) is 2.16. The van der Waals surface area contributed by atoms with Crippen molar-refractivity contribution < 1.29 is 23.5 Å². The third-order valence-electron chi connectivity index (χ3n) is 4.12. The Labute approximate surface area is 141 Å². The van der Waals surface area contributed by atoms with Gasteiger partial charge in [-0.25, -0.2) is 4.79 Å². The molecular weight excluding hydrogens is 330 g/mol. The number of para-hydroxylation sites is 1. The van der Waals surface area contributed by atoms with E-state index in [1.807, 2.05) is 24.3 Å². The van der Waals surface area contributed by atoms with E-state index in [9.17, 15) is 14.4 Å². The van der Waals surface area contributed by atoms with Crippen LogP contribution in [0.15, 0.2) is 52.0 Å². The van der Waals surface area contributed by atoms with Gasteiger partial charge in [0.05, 0.1) is 12.0 Å². The molecule has 2 aromatic rings. The highest BCUT2D eigenvalue weighted by Crippen LogP contribution is 2.56. The molecule has 6 nitrogen and oxygen atoms in total. The van der Waals surface area contributed by atoms with Gasteiger partial charge >= 0.3 is 5.97 Å². The Morgan fingerprint density at radius 2 is 2.08 bits per heavy atom. The number of esters is 1. The van der Waals surface area contributed by atoms with Crippen molar-refractivity contribution in [2.75, 3.05) is 11.5 Å². The number of Topliss-reactive ketones (excluding diaryl/α,β-unsaturated/α-hetero) is 1. The maximum atomic E-state index is 12.7. The zero-order chi connectivity index (χ0) is 16.7. The lowest BCUT2D eigenvalue weighted by molar-refractivity contribution is -0.145. The van der Waals surface area contributed by atoms with Crippen LogP contribution in [0.25, 0.3) is 0 Å². The summed E-state index contributed by atoms with van der Waals surface area (Å²) in [4.78, 5) is 38.2. The van der Waals surface area contributed by atoms with Crippen LogP contribution in [0, 0.1) is 0 Å². The van der Waals surface area contributed by atoms with Crippen molar-refractivity contribution >= 4 is 35.1 Å². The lowest BCUT2D eigenvalue weighted by Crippen LogP contribution is -2.48. The van der Waals surface area contributed by atoms with E-state index < -0.39 is 23.2 Å². The molecule has 0 N–H and O–H groups in total. The molecule has 1 saturated heterocycles. The van der Waals surface area contributed by atoms with Crippen LogP contribution in [-0.2, 0) is 14.3 Å².